The van der Waals surface area contributed by atoms with Gasteiger partial charge in [-0.3, -0.25) is 4.79 Å². The van der Waals surface area contributed by atoms with Crippen LogP contribution in [0.3, 0.4) is 0 Å². The molecule has 0 radical (unpaired) electrons. The average Bonchev–Trinajstić information content (AvgIpc) is 2.75. The number of pyridine rings is 1. The van der Waals surface area contributed by atoms with Crippen molar-refractivity contribution in [1.82, 2.24) is 4.98 Å². The Morgan fingerprint density at radius 1 is 1.07 bits per heavy atom. The van der Waals surface area contributed by atoms with Crippen molar-refractivity contribution in [1.29, 1.82) is 5.26 Å². The van der Waals surface area contributed by atoms with Crippen molar-refractivity contribution >= 4 is 23.0 Å². The summed E-state index contributed by atoms with van der Waals surface area (Å²) in [6.45, 7) is 0. The summed E-state index contributed by atoms with van der Waals surface area (Å²) in [5, 5.41) is 15.0. The molecule has 0 saturated carbocycles. The summed E-state index contributed by atoms with van der Waals surface area (Å²) in [7, 11) is 2.91. The number of halogens is 1. The predicted octanol–water partition coefficient (Wildman–Crippen LogP) is 4.11. The van der Waals surface area contributed by atoms with Gasteiger partial charge in [0.1, 0.15) is 11.6 Å². The highest BCUT2D eigenvalue weighted by atomic mass is 19.1. The lowest BCUT2D eigenvalue weighted by Gasteiger charge is -2.15. The summed E-state index contributed by atoms with van der Waals surface area (Å²) in [6.07, 6.45) is 1.47. The van der Waals surface area contributed by atoms with Crippen LogP contribution in [0.2, 0.25) is 0 Å². The zero-order chi connectivity index (χ0) is 20.8. The van der Waals surface area contributed by atoms with E-state index in [2.05, 4.69) is 15.6 Å². The van der Waals surface area contributed by atoms with E-state index >= 15 is 0 Å². The molecule has 146 valence electrons. The third-order valence-corrected chi connectivity index (χ3v) is 4.03. The van der Waals surface area contributed by atoms with Crippen LogP contribution in [0.1, 0.15) is 15.9 Å². The Bertz CT molecular complexity index is 1080. The first-order chi connectivity index (χ1) is 14.0. The fourth-order valence-electron chi connectivity index (χ4n) is 2.60. The van der Waals surface area contributed by atoms with Crippen molar-refractivity contribution in [3.8, 4) is 17.7 Å². The first kappa shape index (κ1) is 19.6. The molecule has 0 aliphatic heterocycles. The molecule has 0 aliphatic rings. The molecule has 1 heterocycles. The molecule has 0 unspecified atom stereocenters. The van der Waals surface area contributed by atoms with E-state index in [1.807, 2.05) is 6.07 Å². The Labute approximate surface area is 166 Å². The van der Waals surface area contributed by atoms with Gasteiger partial charge < -0.3 is 20.1 Å². The molecule has 0 aliphatic carbocycles. The summed E-state index contributed by atoms with van der Waals surface area (Å²) in [6, 6.07) is 13.9. The summed E-state index contributed by atoms with van der Waals surface area (Å²) >= 11 is 0. The van der Waals surface area contributed by atoms with Crippen molar-refractivity contribution in [3.05, 3.63) is 71.7 Å². The van der Waals surface area contributed by atoms with Crippen LogP contribution >= 0.6 is 0 Å². The Balaban J connectivity index is 1.92. The number of nitriles is 1. The number of anilines is 3. The zero-order valence-corrected chi connectivity index (χ0v) is 15.7. The Hall–Kier alpha value is -4.12. The molecule has 3 aromatic rings. The van der Waals surface area contributed by atoms with Crippen molar-refractivity contribution in [3.63, 3.8) is 0 Å². The second-order valence-corrected chi connectivity index (χ2v) is 5.89. The lowest BCUT2D eigenvalue weighted by Crippen LogP contribution is -2.14. The van der Waals surface area contributed by atoms with E-state index in [1.165, 1.54) is 56.8 Å². The van der Waals surface area contributed by atoms with Gasteiger partial charge in [0.05, 0.1) is 54.7 Å². The van der Waals surface area contributed by atoms with Gasteiger partial charge in [0, 0.05) is 12.1 Å². The van der Waals surface area contributed by atoms with Crippen LogP contribution in [0.5, 0.6) is 11.6 Å². The van der Waals surface area contributed by atoms with Crippen molar-refractivity contribution < 1.29 is 18.7 Å². The van der Waals surface area contributed by atoms with Gasteiger partial charge in [-0.2, -0.15) is 5.26 Å². The predicted molar refractivity (Wildman–Crippen MR) is 106 cm³/mol. The molecule has 8 heteroatoms. The van der Waals surface area contributed by atoms with Crippen LogP contribution in [0.15, 0.2) is 54.7 Å². The van der Waals surface area contributed by atoms with E-state index < -0.39 is 11.7 Å². The molecule has 1 amide bonds. The van der Waals surface area contributed by atoms with Crippen LogP contribution in [-0.4, -0.2) is 25.1 Å². The fourth-order valence-corrected chi connectivity index (χ4v) is 2.60. The third-order valence-electron chi connectivity index (χ3n) is 4.03. The quantitative estimate of drug-likeness (QED) is 0.655. The minimum Gasteiger partial charge on any atom is -0.494 e. The van der Waals surface area contributed by atoms with Gasteiger partial charge in [0.15, 0.2) is 0 Å². The number of hydrogen-bond acceptors (Lipinski definition) is 6. The van der Waals surface area contributed by atoms with Crippen LogP contribution in [-0.2, 0) is 0 Å². The van der Waals surface area contributed by atoms with Crippen LogP contribution < -0.4 is 20.1 Å². The third kappa shape index (κ3) is 4.59. The van der Waals surface area contributed by atoms with Gasteiger partial charge in [-0.05, 0) is 36.4 Å². The maximum atomic E-state index is 13.5. The molecule has 7 nitrogen and oxygen atoms in total. The molecule has 2 N–H and O–H groups in total. The number of benzene rings is 2. The number of rotatable bonds is 6. The standard InChI is InChI=1S/C21H17FN4O3/c1-28-19-10-14(22)4-7-17(19)26-18-9-13(11-23)3-6-16(18)21(27)25-15-5-8-20(29-2)24-12-15/h3-10,12,26H,1-2H3,(H,25,27). The van der Waals surface area contributed by atoms with Gasteiger partial charge in [0.25, 0.3) is 5.91 Å². The number of nitrogens with one attached hydrogen (secondary N) is 2. The molecule has 2 aromatic carbocycles. The van der Waals surface area contributed by atoms with Crippen LogP contribution in [0.4, 0.5) is 21.5 Å². The SMILES string of the molecule is COc1ccc(NC(=O)c2ccc(C#N)cc2Nc2ccc(F)cc2OC)cn1. The monoisotopic (exact) mass is 392 g/mol. The molecular weight excluding hydrogens is 375 g/mol. The lowest BCUT2D eigenvalue weighted by molar-refractivity contribution is 0.102. The second-order valence-electron chi connectivity index (χ2n) is 5.89. The van der Waals surface area contributed by atoms with Gasteiger partial charge in [0.2, 0.25) is 5.88 Å². The Morgan fingerprint density at radius 2 is 1.90 bits per heavy atom. The zero-order valence-electron chi connectivity index (χ0n) is 15.7. The summed E-state index contributed by atoms with van der Waals surface area (Å²) in [5.74, 6) is -0.182. The first-order valence-corrected chi connectivity index (χ1v) is 8.50. The van der Waals surface area contributed by atoms with Gasteiger partial charge in [-0.1, -0.05) is 0 Å². The van der Waals surface area contributed by atoms with E-state index in [0.29, 0.717) is 28.5 Å². The van der Waals surface area contributed by atoms with Crippen LogP contribution in [0, 0.1) is 17.1 Å². The van der Waals surface area contributed by atoms with Crippen LogP contribution in [0.25, 0.3) is 0 Å². The minimum atomic E-state index is -0.455. The number of hydrogen-bond donors (Lipinski definition) is 2. The minimum absolute atomic E-state index is 0.262. The summed E-state index contributed by atoms with van der Waals surface area (Å²) in [4.78, 5) is 16.8. The van der Waals surface area contributed by atoms with E-state index in [4.69, 9.17) is 9.47 Å². The molecular formula is C21H17FN4O3. The smallest absolute Gasteiger partial charge is 0.257 e. The van der Waals surface area contributed by atoms with Crippen molar-refractivity contribution in [2.45, 2.75) is 0 Å². The number of methoxy groups -OCH3 is 2. The van der Waals surface area contributed by atoms with Crippen molar-refractivity contribution in [2.24, 2.45) is 0 Å². The topological polar surface area (TPSA) is 96.3 Å². The molecule has 29 heavy (non-hydrogen) atoms. The molecule has 1 aromatic heterocycles. The number of aromatic nitrogens is 1. The Morgan fingerprint density at radius 3 is 2.55 bits per heavy atom. The maximum absolute atomic E-state index is 13.5. The highest BCUT2D eigenvalue weighted by Gasteiger charge is 2.15. The lowest BCUT2D eigenvalue weighted by atomic mass is 10.1. The second kappa shape index (κ2) is 8.71. The molecule has 0 spiro atoms. The fraction of sp³-hybridized carbons (Fsp3) is 0.0952. The summed E-state index contributed by atoms with van der Waals surface area (Å²) in [5.41, 5.74) is 1.94. The number of nitrogens with zero attached hydrogens (tertiary/aromatic N) is 2. The maximum Gasteiger partial charge on any atom is 0.257 e. The van der Waals surface area contributed by atoms with E-state index in [-0.39, 0.29) is 11.3 Å². The van der Waals surface area contributed by atoms with Gasteiger partial charge in [-0.25, -0.2) is 9.37 Å². The van der Waals surface area contributed by atoms with Gasteiger partial charge in [-0.15, -0.1) is 0 Å². The first-order valence-electron chi connectivity index (χ1n) is 8.50. The summed E-state index contributed by atoms with van der Waals surface area (Å²) < 4.78 is 23.6. The number of ether oxygens (including phenoxy) is 2. The number of carbonyl (C=O) groups excluding carboxylic acids is 1. The van der Waals surface area contributed by atoms with Gasteiger partial charge >= 0.3 is 0 Å². The van der Waals surface area contributed by atoms with E-state index in [0.717, 1.165) is 0 Å². The van der Waals surface area contributed by atoms with E-state index in [9.17, 15) is 14.4 Å². The average molecular weight is 392 g/mol. The molecule has 0 fully saturated rings. The van der Waals surface area contributed by atoms with E-state index in [1.54, 1.807) is 12.1 Å². The number of amides is 1. The molecule has 0 atom stereocenters. The largest absolute Gasteiger partial charge is 0.494 e. The normalized spacial score (nSPS) is 10.0. The number of carbonyl (C=O) groups is 1. The Kier molecular flexibility index (Phi) is 5.90. The highest BCUT2D eigenvalue weighted by molar-refractivity contribution is 6.08. The molecule has 0 bridgehead atoms. The molecule has 3 rings (SSSR count). The molecule has 0 saturated heterocycles. The highest BCUT2D eigenvalue weighted by Crippen LogP contribution is 2.30. The van der Waals surface area contributed by atoms with Crippen molar-refractivity contribution in [2.75, 3.05) is 24.9 Å².